The zero-order valence-corrected chi connectivity index (χ0v) is 11.6. The molecule has 0 spiro atoms. The number of hydrogen-bond acceptors (Lipinski definition) is 0. The molecule has 0 aromatic heterocycles. The van der Waals surface area contributed by atoms with Gasteiger partial charge in [0.05, 0.1) is 0 Å². The normalized spacial score (nSPS) is 30.9. The molecule has 0 heterocycles. The van der Waals surface area contributed by atoms with Crippen molar-refractivity contribution in [2.75, 3.05) is 0 Å². The number of alkyl halides is 2. The third-order valence-electron chi connectivity index (χ3n) is 4.39. The fraction of sp³-hybridized carbons (Fsp3) is 1.00. The van der Waals surface area contributed by atoms with E-state index in [9.17, 15) is 8.78 Å². The fourth-order valence-electron chi connectivity index (χ4n) is 2.96. The van der Waals surface area contributed by atoms with Crippen LogP contribution in [-0.4, -0.2) is 12.3 Å². The molecule has 2 heteroatoms. The molecular weight excluding hydrogens is 218 g/mol. The average Bonchev–Trinajstić information content (AvgIpc) is 2.30. The highest BCUT2D eigenvalue weighted by atomic mass is 19.2. The SMILES string of the molecule is CC1CCC(CCCC(C)C(F)C(C)F)CC1. The van der Waals surface area contributed by atoms with Crippen molar-refractivity contribution in [3.8, 4) is 0 Å². The van der Waals surface area contributed by atoms with E-state index in [1.54, 1.807) is 0 Å². The van der Waals surface area contributed by atoms with Gasteiger partial charge in [0.15, 0.2) is 0 Å². The predicted molar refractivity (Wildman–Crippen MR) is 69.6 cm³/mol. The Bertz CT molecular complexity index is 195. The first kappa shape index (κ1) is 14.9. The Labute approximate surface area is 105 Å². The second kappa shape index (κ2) is 7.33. The molecule has 0 radical (unpaired) electrons. The third-order valence-corrected chi connectivity index (χ3v) is 4.39. The zero-order valence-electron chi connectivity index (χ0n) is 11.6. The van der Waals surface area contributed by atoms with Crippen LogP contribution in [0.5, 0.6) is 0 Å². The molecule has 17 heavy (non-hydrogen) atoms. The van der Waals surface area contributed by atoms with Crippen LogP contribution in [0.3, 0.4) is 0 Å². The molecule has 3 unspecified atom stereocenters. The van der Waals surface area contributed by atoms with E-state index in [0.717, 1.165) is 24.7 Å². The standard InChI is InChI=1S/C15H28F2/c1-11-7-9-14(10-8-11)6-4-5-12(2)15(17)13(3)16/h11-15H,4-10H2,1-3H3. The van der Waals surface area contributed by atoms with Gasteiger partial charge < -0.3 is 0 Å². The molecule has 0 amide bonds. The van der Waals surface area contributed by atoms with E-state index >= 15 is 0 Å². The number of hydrogen-bond donors (Lipinski definition) is 0. The van der Waals surface area contributed by atoms with Crippen molar-refractivity contribution in [3.05, 3.63) is 0 Å². The Morgan fingerprint density at radius 3 is 2.18 bits per heavy atom. The summed E-state index contributed by atoms with van der Waals surface area (Å²) in [6.07, 6.45) is 5.91. The van der Waals surface area contributed by atoms with Crippen molar-refractivity contribution in [2.45, 2.75) is 78.1 Å². The Morgan fingerprint density at radius 1 is 1.06 bits per heavy atom. The molecule has 102 valence electrons. The van der Waals surface area contributed by atoms with E-state index in [-0.39, 0.29) is 5.92 Å². The first-order chi connectivity index (χ1) is 8.00. The monoisotopic (exact) mass is 246 g/mol. The summed E-state index contributed by atoms with van der Waals surface area (Å²) in [4.78, 5) is 0. The quantitative estimate of drug-likeness (QED) is 0.595. The van der Waals surface area contributed by atoms with Gasteiger partial charge in [0.2, 0.25) is 0 Å². The second-order valence-electron chi connectivity index (χ2n) is 6.16. The molecule has 1 saturated carbocycles. The minimum Gasteiger partial charge on any atom is -0.245 e. The highest BCUT2D eigenvalue weighted by Gasteiger charge is 2.23. The summed E-state index contributed by atoms with van der Waals surface area (Å²) in [6.45, 7) is 5.49. The maximum Gasteiger partial charge on any atom is 0.133 e. The largest absolute Gasteiger partial charge is 0.245 e. The highest BCUT2D eigenvalue weighted by Crippen LogP contribution is 2.32. The van der Waals surface area contributed by atoms with E-state index in [1.807, 2.05) is 6.92 Å². The van der Waals surface area contributed by atoms with Gasteiger partial charge in [-0.25, -0.2) is 8.78 Å². The summed E-state index contributed by atoms with van der Waals surface area (Å²) in [6, 6.07) is 0. The summed E-state index contributed by atoms with van der Waals surface area (Å²) in [5.41, 5.74) is 0. The predicted octanol–water partition coefficient (Wildman–Crippen LogP) is 5.32. The van der Waals surface area contributed by atoms with Crippen LogP contribution in [0.15, 0.2) is 0 Å². The van der Waals surface area contributed by atoms with Gasteiger partial charge in [-0.3, -0.25) is 0 Å². The van der Waals surface area contributed by atoms with Gasteiger partial charge in [0.25, 0.3) is 0 Å². The van der Waals surface area contributed by atoms with E-state index in [0.29, 0.717) is 0 Å². The molecule has 1 aliphatic rings. The summed E-state index contributed by atoms with van der Waals surface area (Å²) in [5, 5.41) is 0. The summed E-state index contributed by atoms with van der Waals surface area (Å²) in [7, 11) is 0. The minimum atomic E-state index is -1.32. The Morgan fingerprint density at radius 2 is 1.65 bits per heavy atom. The van der Waals surface area contributed by atoms with Gasteiger partial charge in [0.1, 0.15) is 12.3 Å². The summed E-state index contributed by atoms with van der Waals surface area (Å²) < 4.78 is 26.2. The van der Waals surface area contributed by atoms with Gasteiger partial charge in [0, 0.05) is 0 Å². The van der Waals surface area contributed by atoms with Crippen LogP contribution >= 0.6 is 0 Å². The van der Waals surface area contributed by atoms with Gasteiger partial charge in [-0.1, -0.05) is 52.4 Å². The lowest BCUT2D eigenvalue weighted by molar-refractivity contribution is 0.121. The minimum absolute atomic E-state index is 0.127. The van der Waals surface area contributed by atoms with Gasteiger partial charge >= 0.3 is 0 Å². The molecule has 0 aliphatic heterocycles. The van der Waals surface area contributed by atoms with Crippen molar-refractivity contribution in [1.82, 2.24) is 0 Å². The molecule has 1 rings (SSSR count). The lowest BCUT2D eigenvalue weighted by atomic mass is 9.80. The molecule has 3 atom stereocenters. The van der Waals surface area contributed by atoms with Crippen molar-refractivity contribution in [1.29, 1.82) is 0 Å². The molecule has 1 aliphatic carbocycles. The van der Waals surface area contributed by atoms with Gasteiger partial charge in [-0.05, 0) is 31.1 Å². The summed E-state index contributed by atoms with van der Waals surface area (Å²) in [5.74, 6) is 1.62. The lowest BCUT2D eigenvalue weighted by Gasteiger charge is -2.26. The average molecular weight is 246 g/mol. The molecule has 0 N–H and O–H groups in total. The first-order valence-corrected chi connectivity index (χ1v) is 7.28. The van der Waals surface area contributed by atoms with Gasteiger partial charge in [-0.15, -0.1) is 0 Å². The van der Waals surface area contributed by atoms with Crippen molar-refractivity contribution in [2.24, 2.45) is 17.8 Å². The van der Waals surface area contributed by atoms with E-state index in [4.69, 9.17) is 0 Å². The topological polar surface area (TPSA) is 0 Å². The zero-order chi connectivity index (χ0) is 12.8. The van der Waals surface area contributed by atoms with E-state index in [1.165, 1.54) is 39.0 Å². The van der Waals surface area contributed by atoms with Crippen molar-refractivity contribution >= 4 is 0 Å². The van der Waals surface area contributed by atoms with Crippen LogP contribution in [0.4, 0.5) is 8.78 Å². The highest BCUT2D eigenvalue weighted by molar-refractivity contribution is 4.73. The van der Waals surface area contributed by atoms with Gasteiger partial charge in [-0.2, -0.15) is 0 Å². The second-order valence-corrected chi connectivity index (χ2v) is 6.16. The lowest BCUT2D eigenvalue weighted by Crippen LogP contribution is -2.22. The first-order valence-electron chi connectivity index (χ1n) is 7.28. The Kier molecular flexibility index (Phi) is 6.43. The molecule has 0 aromatic rings. The smallest absolute Gasteiger partial charge is 0.133 e. The summed E-state index contributed by atoms with van der Waals surface area (Å²) >= 11 is 0. The van der Waals surface area contributed by atoms with Crippen LogP contribution in [0.2, 0.25) is 0 Å². The van der Waals surface area contributed by atoms with Crippen LogP contribution < -0.4 is 0 Å². The molecule has 0 bridgehead atoms. The van der Waals surface area contributed by atoms with Crippen LogP contribution in [-0.2, 0) is 0 Å². The van der Waals surface area contributed by atoms with Crippen LogP contribution in [0.25, 0.3) is 0 Å². The fourth-order valence-corrected chi connectivity index (χ4v) is 2.96. The third kappa shape index (κ3) is 5.35. The molecular formula is C15H28F2. The molecule has 1 fully saturated rings. The van der Waals surface area contributed by atoms with E-state index in [2.05, 4.69) is 6.92 Å². The maximum absolute atomic E-state index is 13.4. The molecule has 0 nitrogen and oxygen atoms in total. The van der Waals surface area contributed by atoms with Crippen LogP contribution in [0.1, 0.15) is 65.7 Å². The maximum atomic E-state index is 13.4. The number of rotatable bonds is 6. The Hall–Kier alpha value is -0.140. The molecule has 0 aromatic carbocycles. The Balaban J connectivity index is 2.11. The molecule has 0 saturated heterocycles. The van der Waals surface area contributed by atoms with E-state index < -0.39 is 12.3 Å². The number of halogens is 2. The van der Waals surface area contributed by atoms with Crippen molar-refractivity contribution in [3.63, 3.8) is 0 Å². The van der Waals surface area contributed by atoms with Crippen LogP contribution in [0, 0.1) is 17.8 Å². The van der Waals surface area contributed by atoms with Crippen molar-refractivity contribution < 1.29 is 8.78 Å².